The van der Waals surface area contributed by atoms with Gasteiger partial charge < -0.3 is 10.6 Å². The highest BCUT2D eigenvalue weighted by Crippen LogP contribution is 2.17. The second-order valence-corrected chi connectivity index (χ2v) is 5.68. The molecule has 16 heavy (non-hydrogen) atoms. The number of nitrogens with one attached hydrogen (secondary N) is 2. The average Bonchev–Trinajstić information content (AvgIpc) is 3.12. The third-order valence-electron chi connectivity index (χ3n) is 2.98. The first-order valence-corrected chi connectivity index (χ1v) is 7.30. The quantitative estimate of drug-likeness (QED) is 0.684. The van der Waals surface area contributed by atoms with Gasteiger partial charge >= 0.3 is 0 Å². The summed E-state index contributed by atoms with van der Waals surface area (Å²) in [6, 6.07) is 0.616. The Kier molecular flexibility index (Phi) is 4.93. The number of hydrogen-bond acceptors (Lipinski definition) is 4. The fourth-order valence-electron chi connectivity index (χ4n) is 1.77. The lowest BCUT2D eigenvalue weighted by atomic mass is 10.4. The molecule has 0 aromatic rings. The fraction of sp³-hybridized carbons (Fsp3) is 0.909. The Morgan fingerprint density at radius 3 is 2.75 bits per heavy atom. The second-order valence-electron chi connectivity index (χ2n) is 4.46. The summed E-state index contributed by atoms with van der Waals surface area (Å²) >= 11 is 2.02. The first kappa shape index (κ1) is 12.2. The molecule has 1 heterocycles. The molecule has 0 spiro atoms. The van der Waals surface area contributed by atoms with Gasteiger partial charge in [0.2, 0.25) is 5.91 Å². The molecule has 92 valence electrons. The maximum Gasteiger partial charge on any atom is 0.234 e. The minimum atomic E-state index is 0.137. The van der Waals surface area contributed by atoms with Crippen molar-refractivity contribution in [3.8, 4) is 0 Å². The number of nitrogens with zero attached hydrogens (tertiary/aromatic N) is 1. The highest BCUT2D eigenvalue weighted by molar-refractivity contribution is 7.99. The van der Waals surface area contributed by atoms with E-state index >= 15 is 0 Å². The van der Waals surface area contributed by atoms with Crippen LogP contribution in [0.2, 0.25) is 0 Å². The van der Waals surface area contributed by atoms with Crippen LogP contribution in [0.15, 0.2) is 0 Å². The maximum absolute atomic E-state index is 11.4. The van der Waals surface area contributed by atoms with Gasteiger partial charge in [-0.2, -0.15) is 11.8 Å². The van der Waals surface area contributed by atoms with Crippen molar-refractivity contribution in [1.82, 2.24) is 15.5 Å². The van der Waals surface area contributed by atoms with E-state index in [2.05, 4.69) is 15.5 Å². The Morgan fingerprint density at radius 1 is 1.31 bits per heavy atom. The van der Waals surface area contributed by atoms with Crippen molar-refractivity contribution in [2.45, 2.75) is 18.9 Å². The number of amides is 1. The van der Waals surface area contributed by atoms with Gasteiger partial charge in [0.25, 0.3) is 0 Å². The molecule has 0 aromatic heterocycles. The van der Waals surface area contributed by atoms with Gasteiger partial charge in [-0.1, -0.05) is 0 Å². The van der Waals surface area contributed by atoms with Crippen molar-refractivity contribution < 1.29 is 4.79 Å². The second kappa shape index (κ2) is 6.47. The molecule has 1 amide bonds. The van der Waals surface area contributed by atoms with Gasteiger partial charge in [0.1, 0.15) is 0 Å². The standard InChI is InChI=1S/C11H21N3OS/c15-11(9-13-10-1-2-10)12-3-4-14-5-7-16-8-6-14/h10,13H,1-9H2,(H,12,15). The van der Waals surface area contributed by atoms with Crippen molar-refractivity contribution in [3.05, 3.63) is 0 Å². The molecule has 1 saturated heterocycles. The molecule has 0 radical (unpaired) electrons. The van der Waals surface area contributed by atoms with Gasteiger partial charge in [0.15, 0.2) is 0 Å². The highest BCUT2D eigenvalue weighted by Gasteiger charge is 2.21. The van der Waals surface area contributed by atoms with E-state index in [0.29, 0.717) is 12.6 Å². The number of carbonyl (C=O) groups is 1. The van der Waals surface area contributed by atoms with Crippen LogP contribution in [0.1, 0.15) is 12.8 Å². The van der Waals surface area contributed by atoms with E-state index < -0.39 is 0 Å². The molecule has 2 rings (SSSR count). The summed E-state index contributed by atoms with van der Waals surface area (Å²) in [5.74, 6) is 2.60. The van der Waals surface area contributed by atoms with Crippen molar-refractivity contribution in [2.75, 3.05) is 44.2 Å². The van der Waals surface area contributed by atoms with Gasteiger partial charge in [-0.3, -0.25) is 9.69 Å². The molecular weight excluding hydrogens is 222 g/mol. The van der Waals surface area contributed by atoms with Gasteiger partial charge in [-0.25, -0.2) is 0 Å². The van der Waals surface area contributed by atoms with Crippen LogP contribution in [0.4, 0.5) is 0 Å². The summed E-state index contributed by atoms with van der Waals surface area (Å²) in [7, 11) is 0. The van der Waals surface area contributed by atoms with Gasteiger partial charge in [-0.05, 0) is 12.8 Å². The molecule has 1 aliphatic heterocycles. The lowest BCUT2D eigenvalue weighted by Gasteiger charge is -2.25. The van der Waals surface area contributed by atoms with E-state index in [1.54, 1.807) is 0 Å². The molecule has 2 fully saturated rings. The molecule has 0 aromatic carbocycles. The molecule has 0 bridgehead atoms. The zero-order valence-electron chi connectivity index (χ0n) is 9.71. The Balaban J connectivity index is 1.47. The summed E-state index contributed by atoms with van der Waals surface area (Å²) in [5.41, 5.74) is 0. The largest absolute Gasteiger partial charge is 0.354 e. The molecule has 0 atom stereocenters. The summed E-state index contributed by atoms with van der Waals surface area (Å²) in [6.07, 6.45) is 2.47. The van der Waals surface area contributed by atoms with E-state index in [1.807, 2.05) is 11.8 Å². The summed E-state index contributed by atoms with van der Waals surface area (Å²) < 4.78 is 0. The summed E-state index contributed by atoms with van der Waals surface area (Å²) in [5, 5.41) is 6.18. The van der Waals surface area contributed by atoms with E-state index in [1.165, 1.54) is 37.4 Å². The topological polar surface area (TPSA) is 44.4 Å². The average molecular weight is 243 g/mol. The molecule has 5 heteroatoms. The minimum Gasteiger partial charge on any atom is -0.354 e. The molecule has 1 aliphatic carbocycles. The number of carbonyl (C=O) groups excluding carboxylic acids is 1. The predicted octanol–water partition coefficient (Wildman–Crippen LogP) is -0.0966. The monoisotopic (exact) mass is 243 g/mol. The Bertz CT molecular complexity index is 227. The van der Waals surface area contributed by atoms with E-state index in [9.17, 15) is 4.79 Å². The summed E-state index contributed by atoms with van der Waals surface area (Å²) in [6.45, 7) is 4.60. The van der Waals surface area contributed by atoms with Gasteiger partial charge in [-0.15, -0.1) is 0 Å². The number of hydrogen-bond donors (Lipinski definition) is 2. The highest BCUT2D eigenvalue weighted by atomic mass is 32.2. The molecule has 2 aliphatic rings. The molecular formula is C11H21N3OS. The first-order chi connectivity index (χ1) is 7.84. The van der Waals surface area contributed by atoms with E-state index in [-0.39, 0.29) is 5.91 Å². The molecule has 2 N–H and O–H groups in total. The van der Waals surface area contributed by atoms with Crippen molar-refractivity contribution in [3.63, 3.8) is 0 Å². The van der Waals surface area contributed by atoms with Gasteiger partial charge in [0, 0.05) is 43.7 Å². The van der Waals surface area contributed by atoms with E-state index in [0.717, 1.165) is 13.1 Å². The van der Waals surface area contributed by atoms with Crippen LogP contribution >= 0.6 is 11.8 Å². The molecule has 1 saturated carbocycles. The van der Waals surface area contributed by atoms with Crippen LogP contribution in [-0.2, 0) is 4.79 Å². The Morgan fingerprint density at radius 2 is 2.06 bits per heavy atom. The van der Waals surface area contributed by atoms with Crippen LogP contribution < -0.4 is 10.6 Å². The zero-order chi connectivity index (χ0) is 11.2. The van der Waals surface area contributed by atoms with Crippen molar-refractivity contribution in [2.24, 2.45) is 0 Å². The van der Waals surface area contributed by atoms with Crippen LogP contribution in [0, 0.1) is 0 Å². The van der Waals surface area contributed by atoms with Crippen molar-refractivity contribution in [1.29, 1.82) is 0 Å². The normalized spacial score (nSPS) is 22.0. The third kappa shape index (κ3) is 4.72. The predicted molar refractivity (Wildman–Crippen MR) is 67.8 cm³/mol. The fourth-order valence-corrected chi connectivity index (χ4v) is 2.74. The zero-order valence-corrected chi connectivity index (χ0v) is 10.5. The van der Waals surface area contributed by atoms with Crippen molar-refractivity contribution >= 4 is 17.7 Å². The molecule has 0 unspecified atom stereocenters. The van der Waals surface area contributed by atoms with Crippen LogP contribution in [-0.4, -0.2) is 61.1 Å². The lowest BCUT2D eigenvalue weighted by molar-refractivity contribution is -0.120. The SMILES string of the molecule is O=C(CNC1CC1)NCCN1CCSCC1. The maximum atomic E-state index is 11.4. The Labute approximate surface area is 102 Å². The smallest absolute Gasteiger partial charge is 0.234 e. The number of thioether (sulfide) groups is 1. The lowest BCUT2D eigenvalue weighted by Crippen LogP contribution is -2.41. The van der Waals surface area contributed by atoms with Crippen LogP contribution in [0.25, 0.3) is 0 Å². The minimum absolute atomic E-state index is 0.137. The third-order valence-corrected chi connectivity index (χ3v) is 3.93. The Hall–Kier alpha value is -0.260. The van der Waals surface area contributed by atoms with Gasteiger partial charge in [0.05, 0.1) is 6.54 Å². The number of rotatable bonds is 6. The van der Waals surface area contributed by atoms with Crippen LogP contribution in [0.5, 0.6) is 0 Å². The van der Waals surface area contributed by atoms with E-state index in [4.69, 9.17) is 0 Å². The first-order valence-electron chi connectivity index (χ1n) is 6.15. The molecule has 4 nitrogen and oxygen atoms in total. The van der Waals surface area contributed by atoms with Crippen LogP contribution in [0.3, 0.4) is 0 Å². The summed E-state index contributed by atoms with van der Waals surface area (Å²) in [4.78, 5) is 13.8.